The highest BCUT2D eigenvalue weighted by atomic mass is 15.2. The van der Waals surface area contributed by atoms with Crippen LogP contribution < -0.4 is 0 Å². The van der Waals surface area contributed by atoms with Crippen molar-refractivity contribution in [2.24, 2.45) is 5.92 Å². The first kappa shape index (κ1) is 17.0. The lowest BCUT2D eigenvalue weighted by Crippen LogP contribution is -2.22. The van der Waals surface area contributed by atoms with Gasteiger partial charge >= 0.3 is 0 Å². The number of benzene rings is 1. The molecule has 1 aromatic carbocycles. The van der Waals surface area contributed by atoms with Gasteiger partial charge in [0.25, 0.3) is 0 Å². The van der Waals surface area contributed by atoms with Gasteiger partial charge in [0.2, 0.25) is 0 Å². The largest absolute Gasteiger partial charge is 0.364 e. The minimum absolute atomic E-state index is 0.726. The van der Waals surface area contributed by atoms with Crippen molar-refractivity contribution in [1.29, 1.82) is 0 Å². The maximum absolute atomic E-state index is 4.44. The second-order valence-corrected chi connectivity index (χ2v) is 7.62. The molecule has 0 N–H and O–H groups in total. The van der Waals surface area contributed by atoms with Crippen molar-refractivity contribution in [3.05, 3.63) is 71.8 Å². The molecule has 0 saturated heterocycles. The van der Waals surface area contributed by atoms with Crippen molar-refractivity contribution in [2.75, 3.05) is 6.54 Å². The fraction of sp³-hybridized carbons (Fsp3) is 0.391. The van der Waals surface area contributed by atoms with Gasteiger partial charge in [0.05, 0.1) is 6.54 Å². The fourth-order valence-corrected chi connectivity index (χ4v) is 4.01. The van der Waals surface area contributed by atoms with Crippen LogP contribution in [0.5, 0.6) is 0 Å². The third-order valence-corrected chi connectivity index (χ3v) is 5.67. The molecule has 26 heavy (non-hydrogen) atoms. The first-order valence-electron chi connectivity index (χ1n) is 9.73. The van der Waals surface area contributed by atoms with Crippen molar-refractivity contribution >= 4 is 11.3 Å². The Balaban J connectivity index is 1.61. The maximum atomic E-state index is 4.44. The molecule has 0 bridgehead atoms. The summed E-state index contributed by atoms with van der Waals surface area (Å²) in [5, 5.41) is 0. The van der Waals surface area contributed by atoms with E-state index in [4.69, 9.17) is 0 Å². The van der Waals surface area contributed by atoms with Crippen LogP contribution in [0.1, 0.15) is 55.1 Å². The lowest BCUT2D eigenvalue weighted by Gasteiger charge is -2.25. The van der Waals surface area contributed by atoms with Crippen LogP contribution in [0.3, 0.4) is 0 Å². The van der Waals surface area contributed by atoms with Gasteiger partial charge in [0.15, 0.2) is 0 Å². The summed E-state index contributed by atoms with van der Waals surface area (Å²) in [5.74, 6) is 1.67. The standard InChI is InChI=1S/C23H27N3/c1-17-6-8-19(9-7-17)21-11-10-20-5-3-14-26(18(2)22(20)15-21)16-23-24-12-4-13-25-23/h4,8,10-13,15,17H,2-3,5-7,9,14,16H2,1H3. The molecule has 1 atom stereocenters. The van der Waals surface area contributed by atoms with Crippen molar-refractivity contribution in [1.82, 2.24) is 14.9 Å². The predicted molar refractivity (Wildman–Crippen MR) is 107 cm³/mol. The molecule has 3 nitrogen and oxygen atoms in total. The minimum atomic E-state index is 0.726. The van der Waals surface area contributed by atoms with Gasteiger partial charge in [-0.1, -0.05) is 31.7 Å². The second kappa shape index (κ2) is 7.45. The molecule has 1 aliphatic heterocycles. The van der Waals surface area contributed by atoms with Crippen LogP contribution in [0, 0.1) is 5.92 Å². The summed E-state index contributed by atoms with van der Waals surface area (Å²) in [4.78, 5) is 11.1. The van der Waals surface area contributed by atoms with Crippen LogP contribution in [0.25, 0.3) is 11.3 Å². The summed E-state index contributed by atoms with van der Waals surface area (Å²) in [7, 11) is 0. The van der Waals surface area contributed by atoms with E-state index in [1.165, 1.54) is 41.5 Å². The number of hydrogen-bond acceptors (Lipinski definition) is 3. The van der Waals surface area contributed by atoms with Crippen LogP contribution in [-0.4, -0.2) is 21.4 Å². The zero-order valence-electron chi connectivity index (χ0n) is 15.6. The number of allylic oxidation sites excluding steroid dienone is 2. The van der Waals surface area contributed by atoms with E-state index in [0.29, 0.717) is 0 Å². The molecule has 0 saturated carbocycles. The summed E-state index contributed by atoms with van der Waals surface area (Å²) >= 11 is 0. The highest BCUT2D eigenvalue weighted by Crippen LogP contribution is 2.34. The summed E-state index contributed by atoms with van der Waals surface area (Å²) in [5.41, 5.74) is 6.70. The molecule has 0 fully saturated rings. The molecule has 1 aliphatic carbocycles. The van der Waals surface area contributed by atoms with E-state index >= 15 is 0 Å². The summed E-state index contributed by atoms with van der Waals surface area (Å²) in [6.07, 6.45) is 12.0. The molecule has 3 heteroatoms. The van der Waals surface area contributed by atoms with E-state index in [9.17, 15) is 0 Å². The van der Waals surface area contributed by atoms with E-state index < -0.39 is 0 Å². The first-order chi connectivity index (χ1) is 12.7. The Kier molecular flexibility index (Phi) is 4.87. The average molecular weight is 345 g/mol. The Morgan fingerprint density at radius 3 is 2.81 bits per heavy atom. The van der Waals surface area contributed by atoms with Gasteiger partial charge in [-0.25, -0.2) is 9.97 Å². The highest BCUT2D eigenvalue weighted by molar-refractivity contribution is 5.73. The van der Waals surface area contributed by atoms with Crippen LogP contribution >= 0.6 is 0 Å². The van der Waals surface area contributed by atoms with Crippen molar-refractivity contribution in [3.8, 4) is 0 Å². The van der Waals surface area contributed by atoms with Crippen molar-refractivity contribution in [2.45, 2.75) is 45.6 Å². The lowest BCUT2D eigenvalue weighted by atomic mass is 9.86. The molecular weight excluding hydrogens is 318 g/mol. The van der Waals surface area contributed by atoms with E-state index in [1.54, 1.807) is 0 Å². The summed E-state index contributed by atoms with van der Waals surface area (Å²) in [6, 6.07) is 8.85. The third kappa shape index (κ3) is 3.57. The number of rotatable bonds is 3. The summed E-state index contributed by atoms with van der Waals surface area (Å²) in [6.45, 7) is 8.51. The Morgan fingerprint density at radius 2 is 2.04 bits per heavy atom. The molecule has 2 aromatic rings. The summed E-state index contributed by atoms with van der Waals surface area (Å²) < 4.78 is 0. The molecule has 2 aliphatic rings. The number of aromatic nitrogens is 2. The normalized spacial score (nSPS) is 20.3. The van der Waals surface area contributed by atoms with E-state index in [2.05, 4.69) is 52.6 Å². The maximum Gasteiger partial charge on any atom is 0.147 e. The second-order valence-electron chi connectivity index (χ2n) is 7.62. The third-order valence-electron chi connectivity index (χ3n) is 5.67. The van der Waals surface area contributed by atoms with Crippen molar-refractivity contribution in [3.63, 3.8) is 0 Å². The van der Waals surface area contributed by atoms with E-state index in [-0.39, 0.29) is 0 Å². The predicted octanol–water partition coefficient (Wildman–Crippen LogP) is 5.10. The molecule has 1 aromatic heterocycles. The molecule has 2 heterocycles. The number of fused-ring (bicyclic) bond motifs is 1. The SMILES string of the molecule is C=C1c2cc(C3=CCC(C)CC3)ccc2CCCN1Cc1ncccn1. The zero-order valence-corrected chi connectivity index (χ0v) is 15.6. The molecular formula is C23H27N3. The van der Waals surface area contributed by atoms with Crippen LogP contribution in [0.2, 0.25) is 0 Å². The molecule has 0 radical (unpaired) electrons. The fourth-order valence-electron chi connectivity index (χ4n) is 4.01. The van der Waals surface area contributed by atoms with Gasteiger partial charge in [0.1, 0.15) is 5.82 Å². The lowest BCUT2D eigenvalue weighted by molar-refractivity contribution is 0.380. The molecule has 134 valence electrons. The van der Waals surface area contributed by atoms with Gasteiger partial charge < -0.3 is 4.90 Å². The smallest absolute Gasteiger partial charge is 0.147 e. The van der Waals surface area contributed by atoms with Crippen LogP contribution in [0.4, 0.5) is 0 Å². The Labute approximate surface area is 156 Å². The Hall–Kier alpha value is -2.42. The molecule has 0 spiro atoms. The zero-order chi connectivity index (χ0) is 17.9. The monoisotopic (exact) mass is 345 g/mol. The van der Waals surface area contributed by atoms with Gasteiger partial charge in [-0.2, -0.15) is 0 Å². The topological polar surface area (TPSA) is 29.0 Å². The number of hydrogen-bond donors (Lipinski definition) is 0. The van der Waals surface area contributed by atoms with Gasteiger partial charge in [-0.3, -0.25) is 0 Å². The average Bonchev–Trinajstić information content (AvgIpc) is 2.82. The van der Waals surface area contributed by atoms with E-state index in [1.807, 2.05) is 18.5 Å². The Bertz CT molecular complexity index is 823. The van der Waals surface area contributed by atoms with Crippen molar-refractivity contribution < 1.29 is 0 Å². The number of nitrogens with zero attached hydrogens (tertiary/aromatic N) is 3. The molecule has 0 amide bonds. The molecule has 1 unspecified atom stereocenters. The minimum Gasteiger partial charge on any atom is -0.364 e. The van der Waals surface area contributed by atoms with Gasteiger partial charge in [-0.05, 0) is 66.9 Å². The van der Waals surface area contributed by atoms with Gasteiger partial charge in [0, 0.05) is 30.2 Å². The first-order valence-corrected chi connectivity index (χ1v) is 9.73. The van der Waals surface area contributed by atoms with Gasteiger partial charge in [-0.15, -0.1) is 0 Å². The van der Waals surface area contributed by atoms with Crippen LogP contribution in [0.15, 0.2) is 49.3 Å². The molecule has 4 rings (SSSR count). The number of aryl methyl sites for hydroxylation is 1. The quantitative estimate of drug-likeness (QED) is 0.775. The highest BCUT2D eigenvalue weighted by Gasteiger charge is 2.20. The van der Waals surface area contributed by atoms with Crippen LogP contribution in [-0.2, 0) is 13.0 Å². The Morgan fingerprint density at radius 1 is 1.19 bits per heavy atom. The van der Waals surface area contributed by atoms with E-state index in [0.717, 1.165) is 43.4 Å².